The van der Waals surface area contributed by atoms with Crippen LogP contribution in [0.15, 0.2) is 24.3 Å². The first-order chi connectivity index (χ1) is 13.7. The average molecular weight is 406 g/mol. The molecule has 5 heteroatoms. The summed E-state index contributed by atoms with van der Waals surface area (Å²) in [6, 6.07) is 8.45. The van der Waals surface area contributed by atoms with Crippen LogP contribution in [0.25, 0.3) is 0 Å². The van der Waals surface area contributed by atoms with Crippen LogP contribution in [0.4, 0.5) is 4.79 Å². The molecule has 1 N–H and O–H groups in total. The second kappa shape index (κ2) is 13.6. The summed E-state index contributed by atoms with van der Waals surface area (Å²) in [5, 5.41) is 2.80. The molecule has 0 fully saturated rings. The van der Waals surface area contributed by atoms with Crippen LogP contribution >= 0.6 is 0 Å². The van der Waals surface area contributed by atoms with Crippen LogP contribution in [-0.2, 0) is 17.8 Å². The van der Waals surface area contributed by atoms with Gasteiger partial charge in [-0.15, -0.1) is 0 Å². The van der Waals surface area contributed by atoms with Crippen LogP contribution < -0.4 is 5.32 Å². The van der Waals surface area contributed by atoms with Crippen LogP contribution in [-0.4, -0.2) is 54.7 Å². The number of nitrogens with one attached hydrogen (secondary N) is 1. The molecule has 0 unspecified atom stereocenters. The van der Waals surface area contributed by atoms with Crippen molar-refractivity contribution in [3.8, 4) is 0 Å². The third-order valence-corrected chi connectivity index (χ3v) is 4.66. The number of hydrogen-bond donors (Lipinski definition) is 1. The van der Waals surface area contributed by atoms with Crippen molar-refractivity contribution in [1.29, 1.82) is 0 Å². The number of carbonyl (C=O) groups is 1. The molecule has 1 aromatic rings. The molecule has 0 aliphatic rings. The Bertz CT molecular complexity index is 560. The van der Waals surface area contributed by atoms with E-state index in [0.717, 1.165) is 18.7 Å². The molecule has 0 bridgehead atoms. The zero-order valence-electron chi connectivity index (χ0n) is 19.6. The van der Waals surface area contributed by atoms with Gasteiger partial charge in [0.2, 0.25) is 0 Å². The monoisotopic (exact) mass is 405 g/mol. The predicted molar refractivity (Wildman–Crippen MR) is 122 cm³/mol. The summed E-state index contributed by atoms with van der Waals surface area (Å²) in [5.74, 6) is 0. The molecule has 0 aliphatic carbocycles. The second-order valence-electron chi connectivity index (χ2n) is 8.96. The van der Waals surface area contributed by atoms with Crippen molar-refractivity contribution in [3.63, 3.8) is 0 Å². The highest BCUT2D eigenvalue weighted by atomic mass is 16.6. The lowest BCUT2D eigenvalue weighted by atomic mass is 10.1. The molecule has 0 heterocycles. The minimum atomic E-state index is -0.469. The minimum Gasteiger partial charge on any atom is -0.444 e. The number of rotatable bonds is 13. The van der Waals surface area contributed by atoms with E-state index < -0.39 is 5.60 Å². The number of unbranched alkanes of at least 4 members (excludes halogenated alkanes) is 1. The van der Waals surface area contributed by atoms with Gasteiger partial charge in [-0.2, -0.15) is 0 Å². The van der Waals surface area contributed by atoms with Crippen LogP contribution in [0.3, 0.4) is 0 Å². The zero-order valence-corrected chi connectivity index (χ0v) is 19.6. The molecule has 0 saturated carbocycles. The maximum Gasteiger partial charge on any atom is 0.407 e. The molecular formula is C24H43N3O2. The molecule has 1 aromatic carbocycles. The van der Waals surface area contributed by atoms with E-state index in [1.54, 1.807) is 0 Å². The molecule has 0 saturated heterocycles. The van der Waals surface area contributed by atoms with Crippen molar-refractivity contribution in [3.05, 3.63) is 35.4 Å². The van der Waals surface area contributed by atoms with E-state index in [1.165, 1.54) is 50.9 Å². The highest BCUT2D eigenvalue weighted by Crippen LogP contribution is 2.10. The summed E-state index contributed by atoms with van der Waals surface area (Å²) in [6.45, 7) is 16.3. The van der Waals surface area contributed by atoms with Crippen LogP contribution in [0.5, 0.6) is 0 Å². The van der Waals surface area contributed by atoms with Gasteiger partial charge < -0.3 is 19.9 Å². The molecule has 0 aliphatic heterocycles. The SMILES string of the molecule is CCCN(CCC)CCCCN(C)Cc1ccc(CNC(=O)OC(C)(C)C)cc1. The molecule has 5 nitrogen and oxygen atoms in total. The van der Waals surface area contributed by atoms with Gasteiger partial charge in [-0.1, -0.05) is 38.1 Å². The fourth-order valence-electron chi connectivity index (χ4n) is 3.33. The number of amides is 1. The molecule has 166 valence electrons. The second-order valence-corrected chi connectivity index (χ2v) is 8.96. The Labute approximate surface area is 178 Å². The van der Waals surface area contributed by atoms with Gasteiger partial charge in [-0.3, -0.25) is 0 Å². The highest BCUT2D eigenvalue weighted by molar-refractivity contribution is 5.67. The molecular weight excluding hydrogens is 362 g/mol. The number of hydrogen-bond acceptors (Lipinski definition) is 4. The van der Waals surface area contributed by atoms with Gasteiger partial charge >= 0.3 is 6.09 Å². The summed E-state index contributed by atoms with van der Waals surface area (Å²) >= 11 is 0. The van der Waals surface area contributed by atoms with Gasteiger partial charge in [0, 0.05) is 13.1 Å². The first-order valence-corrected chi connectivity index (χ1v) is 11.2. The van der Waals surface area contributed by atoms with E-state index in [4.69, 9.17) is 4.74 Å². The van der Waals surface area contributed by atoms with Crippen molar-refractivity contribution in [2.75, 3.05) is 33.2 Å². The first-order valence-electron chi connectivity index (χ1n) is 11.2. The summed E-state index contributed by atoms with van der Waals surface area (Å²) < 4.78 is 5.26. The largest absolute Gasteiger partial charge is 0.444 e. The highest BCUT2D eigenvalue weighted by Gasteiger charge is 2.15. The Morgan fingerprint density at radius 3 is 2.03 bits per heavy atom. The molecule has 0 radical (unpaired) electrons. The van der Waals surface area contributed by atoms with Crippen molar-refractivity contribution in [1.82, 2.24) is 15.1 Å². The van der Waals surface area contributed by atoms with Crippen molar-refractivity contribution in [2.45, 2.75) is 79.0 Å². The number of alkyl carbamates (subject to hydrolysis) is 1. The van der Waals surface area contributed by atoms with Crippen molar-refractivity contribution < 1.29 is 9.53 Å². The molecule has 0 atom stereocenters. The van der Waals surface area contributed by atoms with E-state index in [1.807, 2.05) is 20.8 Å². The van der Waals surface area contributed by atoms with E-state index in [0.29, 0.717) is 6.54 Å². The van der Waals surface area contributed by atoms with E-state index >= 15 is 0 Å². The van der Waals surface area contributed by atoms with Gasteiger partial charge in [-0.05, 0) is 90.8 Å². The quantitative estimate of drug-likeness (QED) is 0.467. The maximum atomic E-state index is 11.7. The lowest BCUT2D eigenvalue weighted by Gasteiger charge is -2.22. The number of ether oxygens (including phenoxy) is 1. The molecule has 0 spiro atoms. The summed E-state index contributed by atoms with van der Waals surface area (Å²) in [6.07, 6.45) is 4.60. The fraction of sp³-hybridized carbons (Fsp3) is 0.708. The van der Waals surface area contributed by atoms with Crippen molar-refractivity contribution >= 4 is 6.09 Å². The summed E-state index contributed by atoms with van der Waals surface area (Å²) in [4.78, 5) is 16.7. The Balaban J connectivity index is 2.29. The van der Waals surface area contributed by atoms with E-state index in [-0.39, 0.29) is 6.09 Å². The number of nitrogens with zero attached hydrogens (tertiary/aromatic N) is 2. The van der Waals surface area contributed by atoms with Crippen LogP contribution in [0, 0.1) is 0 Å². The lowest BCUT2D eigenvalue weighted by molar-refractivity contribution is 0.0523. The molecule has 29 heavy (non-hydrogen) atoms. The van der Waals surface area contributed by atoms with Gasteiger partial charge in [0.15, 0.2) is 0 Å². The smallest absolute Gasteiger partial charge is 0.407 e. The number of carbonyl (C=O) groups excluding carboxylic acids is 1. The molecule has 1 amide bonds. The van der Waals surface area contributed by atoms with Gasteiger partial charge in [-0.25, -0.2) is 4.79 Å². The van der Waals surface area contributed by atoms with Crippen LogP contribution in [0.2, 0.25) is 0 Å². The topological polar surface area (TPSA) is 44.8 Å². The van der Waals surface area contributed by atoms with E-state index in [9.17, 15) is 4.79 Å². The lowest BCUT2D eigenvalue weighted by Crippen LogP contribution is -2.32. The Hall–Kier alpha value is -1.59. The van der Waals surface area contributed by atoms with Gasteiger partial charge in [0.1, 0.15) is 5.60 Å². The van der Waals surface area contributed by atoms with Gasteiger partial charge in [0.25, 0.3) is 0 Å². The number of benzene rings is 1. The normalized spacial score (nSPS) is 11.9. The maximum absolute atomic E-state index is 11.7. The first kappa shape index (κ1) is 25.4. The predicted octanol–water partition coefficient (Wildman–Crippen LogP) is 5.05. The van der Waals surface area contributed by atoms with Crippen LogP contribution in [0.1, 0.15) is 71.4 Å². The Kier molecular flexibility index (Phi) is 11.9. The fourth-order valence-corrected chi connectivity index (χ4v) is 3.33. The van der Waals surface area contributed by atoms with Gasteiger partial charge in [0.05, 0.1) is 0 Å². The summed E-state index contributed by atoms with van der Waals surface area (Å²) in [5.41, 5.74) is 1.91. The minimum absolute atomic E-state index is 0.377. The van der Waals surface area contributed by atoms with E-state index in [2.05, 4.69) is 60.3 Å². The summed E-state index contributed by atoms with van der Waals surface area (Å²) in [7, 11) is 2.19. The zero-order chi connectivity index (χ0) is 21.7. The molecule has 0 aromatic heterocycles. The third kappa shape index (κ3) is 12.6. The Morgan fingerprint density at radius 1 is 0.931 bits per heavy atom. The average Bonchev–Trinajstić information content (AvgIpc) is 2.63. The molecule has 1 rings (SSSR count). The third-order valence-electron chi connectivity index (χ3n) is 4.66. The standard InChI is InChI=1S/C24H43N3O2/c1-7-15-27(16-8-2)18-10-9-17-26(6)20-22-13-11-21(12-14-22)19-25-23(28)29-24(3,4)5/h11-14H,7-10,15-20H2,1-6H3,(H,25,28). The van der Waals surface area contributed by atoms with Crippen molar-refractivity contribution in [2.24, 2.45) is 0 Å². The Morgan fingerprint density at radius 2 is 1.48 bits per heavy atom.